The molecule has 1 rings (SSSR count). The van der Waals surface area contributed by atoms with E-state index in [9.17, 15) is 0 Å². The Morgan fingerprint density at radius 2 is 2.41 bits per heavy atom. The van der Waals surface area contributed by atoms with Gasteiger partial charge in [0.1, 0.15) is 5.75 Å². The van der Waals surface area contributed by atoms with Crippen molar-refractivity contribution in [2.75, 3.05) is 11.9 Å². The second-order valence-corrected chi connectivity index (χ2v) is 4.43. The quantitative estimate of drug-likeness (QED) is 0.277. The molecule has 92 valence electrons. The van der Waals surface area contributed by atoms with Crippen LogP contribution in [0.25, 0.3) is 0 Å². The molecule has 0 radical (unpaired) electrons. The van der Waals surface area contributed by atoms with Gasteiger partial charge < -0.3 is 10.5 Å². The van der Waals surface area contributed by atoms with Crippen molar-refractivity contribution in [1.82, 2.24) is 5.43 Å². The summed E-state index contributed by atoms with van der Waals surface area (Å²) in [6, 6.07) is 7.64. The third-order valence-corrected chi connectivity index (χ3v) is 2.45. The summed E-state index contributed by atoms with van der Waals surface area (Å²) in [6.45, 7) is 0.691. The van der Waals surface area contributed by atoms with Gasteiger partial charge in [0, 0.05) is 5.33 Å². The molecule has 0 heterocycles. The molecule has 0 atom stereocenters. The van der Waals surface area contributed by atoms with Crippen LogP contribution < -0.4 is 15.9 Å². The number of benzene rings is 1. The highest BCUT2D eigenvalue weighted by molar-refractivity contribution is 9.09. The normalized spacial score (nSPS) is 10.4. The first-order valence-electron chi connectivity index (χ1n) is 5.09. The Morgan fingerprint density at radius 1 is 1.59 bits per heavy atom. The standard InChI is InChI=1S/C11H14BrN3OS/c12-5-2-6-16-10-4-1-3-9(7-10)8-14-15-11(13)17/h1,3-4,7-8H,2,5-6H2,(H3,13,15,17). The van der Waals surface area contributed by atoms with Gasteiger partial charge in [0.15, 0.2) is 5.11 Å². The largest absolute Gasteiger partial charge is 0.494 e. The lowest BCUT2D eigenvalue weighted by molar-refractivity contribution is 0.319. The summed E-state index contributed by atoms with van der Waals surface area (Å²) in [5.41, 5.74) is 8.66. The predicted octanol–water partition coefficient (Wildman–Crippen LogP) is 2.02. The molecule has 0 bridgehead atoms. The molecule has 0 spiro atoms. The summed E-state index contributed by atoms with van der Waals surface area (Å²) >= 11 is 7.98. The molecule has 0 aliphatic carbocycles. The number of nitrogens with two attached hydrogens (primary N) is 1. The van der Waals surface area contributed by atoms with E-state index in [0.29, 0.717) is 6.61 Å². The van der Waals surface area contributed by atoms with Gasteiger partial charge in [-0.2, -0.15) is 5.10 Å². The lowest BCUT2D eigenvalue weighted by Gasteiger charge is -2.05. The first-order chi connectivity index (χ1) is 8.22. The van der Waals surface area contributed by atoms with Crippen LogP contribution in [0.2, 0.25) is 0 Å². The van der Waals surface area contributed by atoms with Crippen molar-refractivity contribution in [2.24, 2.45) is 10.8 Å². The van der Waals surface area contributed by atoms with Gasteiger partial charge >= 0.3 is 0 Å². The Hall–Kier alpha value is -1.14. The van der Waals surface area contributed by atoms with Crippen molar-refractivity contribution in [3.05, 3.63) is 29.8 Å². The highest BCUT2D eigenvalue weighted by atomic mass is 79.9. The first-order valence-corrected chi connectivity index (χ1v) is 6.62. The van der Waals surface area contributed by atoms with Crippen LogP contribution in [0.5, 0.6) is 5.75 Å². The lowest BCUT2D eigenvalue weighted by atomic mass is 10.2. The van der Waals surface area contributed by atoms with Crippen LogP contribution in [-0.4, -0.2) is 23.3 Å². The van der Waals surface area contributed by atoms with Crippen molar-refractivity contribution in [3.63, 3.8) is 0 Å². The molecule has 0 unspecified atom stereocenters. The average Bonchev–Trinajstić information content (AvgIpc) is 2.29. The Labute approximate surface area is 114 Å². The second-order valence-electron chi connectivity index (χ2n) is 3.20. The minimum Gasteiger partial charge on any atom is -0.494 e. The number of hydrogen-bond acceptors (Lipinski definition) is 3. The van der Waals surface area contributed by atoms with Gasteiger partial charge in [-0.15, -0.1) is 0 Å². The smallest absolute Gasteiger partial charge is 0.184 e. The third kappa shape index (κ3) is 6.23. The second kappa shape index (κ2) is 8.03. The van der Waals surface area contributed by atoms with Crippen molar-refractivity contribution in [1.29, 1.82) is 0 Å². The summed E-state index contributed by atoms with van der Waals surface area (Å²) in [5, 5.41) is 4.96. The van der Waals surface area contributed by atoms with E-state index in [2.05, 4.69) is 38.7 Å². The van der Waals surface area contributed by atoms with E-state index in [1.165, 1.54) is 0 Å². The zero-order valence-corrected chi connectivity index (χ0v) is 11.6. The van der Waals surface area contributed by atoms with E-state index in [1.807, 2.05) is 24.3 Å². The number of thiocarbonyl (C=S) groups is 1. The van der Waals surface area contributed by atoms with Gasteiger partial charge in [0.05, 0.1) is 12.8 Å². The Balaban J connectivity index is 2.53. The Bertz CT molecular complexity index is 398. The van der Waals surface area contributed by atoms with Crippen LogP contribution in [0.1, 0.15) is 12.0 Å². The van der Waals surface area contributed by atoms with E-state index in [0.717, 1.165) is 23.1 Å². The van der Waals surface area contributed by atoms with Crippen LogP contribution >= 0.6 is 28.1 Å². The summed E-state index contributed by atoms with van der Waals surface area (Å²) in [5.74, 6) is 0.824. The molecular formula is C11H14BrN3OS. The molecule has 0 fully saturated rings. The molecule has 0 saturated heterocycles. The zero-order valence-electron chi connectivity index (χ0n) is 9.23. The van der Waals surface area contributed by atoms with Crippen molar-refractivity contribution in [3.8, 4) is 5.75 Å². The predicted molar refractivity (Wildman–Crippen MR) is 77.9 cm³/mol. The molecule has 1 aromatic carbocycles. The van der Waals surface area contributed by atoms with Crippen molar-refractivity contribution < 1.29 is 4.74 Å². The fourth-order valence-corrected chi connectivity index (χ4v) is 1.38. The van der Waals surface area contributed by atoms with E-state index in [-0.39, 0.29) is 5.11 Å². The average molecular weight is 316 g/mol. The highest BCUT2D eigenvalue weighted by Gasteiger charge is 1.95. The van der Waals surface area contributed by atoms with Crippen molar-refractivity contribution in [2.45, 2.75) is 6.42 Å². The van der Waals surface area contributed by atoms with E-state index >= 15 is 0 Å². The Kier molecular flexibility index (Phi) is 6.57. The maximum absolute atomic E-state index is 5.55. The van der Waals surface area contributed by atoms with Gasteiger partial charge in [-0.25, -0.2) is 0 Å². The fourth-order valence-electron chi connectivity index (χ4n) is 1.10. The van der Waals surface area contributed by atoms with Crippen LogP contribution in [0, 0.1) is 0 Å². The molecule has 3 N–H and O–H groups in total. The topological polar surface area (TPSA) is 59.6 Å². The number of hydrazone groups is 1. The van der Waals surface area contributed by atoms with Crippen LogP contribution in [0.4, 0.5) is 0 Å². The molecule has 17 heavy (non-hydrogen) atoms. The SMILES string of the molecule is NC(=S)NN=Cc1cccc(OCCCBr)c1. The molecule has 0 aromatic heterocycles. The van der Waals surface area contributed by atoms with Gasteiger partial charge in [-0.05, 0) is 36.3 Å². The van der Waals surface area contributed by atoms with Crippen LogP contribution in [0.15, 0.2) is 29.4 Å². The highest BCUT2D eigenvalue weighted by Crippen LogP contribution is 2.12. The molecule has 0 aliphatic heterocycles. The number of nitrogens with zero attached hydrogens (tertiary/aromatic N) is 1. The van der Waals surface area contributed by atoms with E-state index < -0.39 is 0 Å². The Morgan fingerprint density at radius 3 is 3.12 bits per heavy atom. The van der Waals surface area contributed by atoms with Gasteiger partial charge in [0.2, 0.25) is 0 Å². The number of halogens is 1. The number of alkyl halides is 1. The van der Waals surface area contributed by atoms with Gasteiger partial charge in [0.25, 0.3) is 0 Å². The number of hydrogen-bond donors (Lipinski definition) is 2. The maximum atomic E-state index is 5.55. The fraction of sp³-hybridized carbons (Fsp3) is 0.273. The summed E-state index contributed by atoms with van der Waals surface area (Å²) in [4.78, 5) is 0. The number of ether oxygens (including phenoxy) is 1. The third-order valence-electron chi connectivity index (χ3n) is 1.79. The molecule has 0 aliphatic rings. The van der Waals surface area contributed by atoms with E-state index in [4.69, 9.17) is 10.5 Å². The summed E-state index contributed by atoms with van der Waals surface area (Å²) in [7, 11) is 0. The molecule has 0 saturated carbocycles. The first kappa shape index (κ1) is 13.9. The molecule has 1 aromatic rings. The monoisotopic (exact) mass is 315 g/mol. The minimum atomic E-state index is 0.144. The van der Waals surface area contributed by atoms with Crippen LogP contribution in [-0.2, 0) is 0 Å². The summed E-state index contributed by atoms with van der Waals surface area (Å²) in [6.07, 6.45) is 2.61. The van der Waals surface area contributed by atoms with Crippen LogP contribution in [0.3, 0.4) is 0 Å². The maximum Gasteiger partial charge on any atom is 0.184 e. The van der Waals surface area contributed by atoms with Gasteiger partial charge in [-0.1, -0.05) is 28.1 Å². The van der Waals surface area contributed by atoms with Gasteiger partial charge in [-0.3, -0.25) is 5.43 Å². The lowest BCUT2D eigenvalue weighted by Crippen LogP contribution is -2.23. The minimum absolute atomic E-state index is 0.144. The molecule has 4 nitrogen and oxygen atoms in total. The molecule has 0 amide bonds. The zero-order chi connectivity index (χ0) is 12.5. The molecular weight excluding hydrogens is 302 g/mol. The number of rotatable bonds is 6. The van der Waals surface area contributed by atoms with Crippen molar-refractivity contribution >= 4 is 39.5 Å². The molecule has 6 heteroatoms. The number of nitrogens with one attached hydrogen (secondary N) is 1. The van der Waals surface area contributed by atoms with E-state index in [1.54, 1.807) is 6.21 Å². The summed E-state index contributed by atoms with van der Waals surface area (Å²) < 4.78 is 5.55.